The monoisotopic (exact) mass is 218 g/mol. The number of hydrogen-bond donors (Lipinski definition) is 1. The second kappa shape index (κ2) is 3.85. The summed E-state index contributed by atoms with van der Waals surface area (Å²) in [6.45, 7) is 3.86. The van der Waals surface area contributed by atoms with Gasteiger partial charge in [0.15, 0.2) is 11.6 Å². The summed E-state index contributed by atoms with van der Waals surface area (Å²) in [6, 6.07) is 1.94. The zero-order valence-electron chi connectivity index (χ0n) is 8.81. The van der Waals surface area contributed by atoms with Crippen LogP contribution in [-0.4, -0.2) is 5.11 Å². The van der Waals surface area contributed by atoms with Crippen LogP contribution in [0.1, 0.15) is 38.1 Å². The Morgan fingerprint density at radius 2 is 1.80 bits per heavy atom. The normalized spacial score (nSPS) is 14.1. The molecule has 15 heavy (non-hydrogen) atoms. The average Bonchev–Trinajstić information content (AvgIpc) is 2.06. The molecule has 0 aliphatic rings. The van der Waals surface area contributed by atoms with Crippen LogP contribution in [0, 0.1) is 11.6 Å². The van der Waals surface area contributed by atoms with Crippen molar-refractivity contribution in [2.75, 3.05) is 0 Å². The smallest absolute Gasteiger partial charge is 0.164 e. The molecule has 0 saturated carbocycles. The molecule has 4 heteroatoms. The quantitative estimate of drug-likeness (QED) is 0.808. The van der Waals surface area contributed by atoms with Crippen LogP contribution in [0.25, 0.3) is 0 Å². The zero-order valence-corrected chi connectivity index (χ0v) is 8.81. The summed E-state index contributed by atoms with van der Waals surface area (Å²) in [5.41, 5.74) is -1.75. The fraction of sp³-hybridized carbons (Fsp3) is 0.455. The van der Waals surface area contributed by atoms with Crippen molar-refractivity contribution in [3.63, 3.8) is 0 Å². The summed E-state index contributed by atoms with van der Waals surface area (Å²) >= 11 is 0. The van der Waals surface area contributed by atoms with E-state index in [1.807, 2.05) is 0 Å². The standard InChI is InChI=1S/C11H13F3O/c1-6(12)7-4-8(11(2,3)15)10(14)9(13)5-7/h4-6,15H,1-3H3. The molecule has 0 bridgehead atoms. The van der Waals surface area contributed by atoms with Crippen LogP contribution in [0.5, 0.6) is 0 Å². The molecule has 1 N–H and O–H groups in total. The SMILES string of the molecule is CC(F)c1cc(F)c(F)c(C(C)(C)O)c1. The van der Waals surface area contributed by atoms with Crippen LogP contribution in [0.15, 0.2) is 12.1 Å². The maximum absolute atomic E-state index is 13.3. The van der Waals surface area contributed by atoms with Gasteiger partial charge >= 0.3 is 0 Å². The van der Waals surface area contributed by atoms with E-state index in [2.05, 4.69) is 0 Å². The van der Waals surface area contributed by atoms with Gasteiger partial charge in [-0.25, -0.2) is 13.2 Å². The topological polar surface area (TPSA) is 20.2 Å². The van der Waals surface area contributed by atoms with Crippen molar-refractivity contribution >= 4 is 0 Å². The molecule has 0 spiro atoms. The van der Waals surface area contributed by atoms with Gasteiger partial charge in [-0.1, -0.05) is 0 Å². The molecule has 0 aromatic heterocycles. The number of rotatable bonds is 2. The minimum absolute atomic E-state index is 0.0195. The van der Waals surface area contributed by atoms with Crippen molar-refractivity contribution in [1.29, 1.82) is 0 Å². The Bertz CT molecular complexity index is 367. The molecular weight excluding hydrogens is 205 g/mol. The van der Waals surface area contributed by atoms with Gasteiger partial charge in [-0.05, 0) is 38.5 Å². The molecule has 0 amide bonds. The summed E-state index contributed by atoms with van der Waals surface area (Å²) < 4.78 is 39.3. The molecule has 0 saturated heterocycles. The van der Waals surface area contributed by atoms with Gasteiger partial charge < -0.3 is 5.11 Å². The summed E-state index contributed by atoms with van der Waals surface area (Å²) in [7, 11) is 0. The predicted molar refractivity (Wildman–Crippen MR) is 51.1 cm³/mol. The van der Waals surface area contributed by atoms with E-state index in [1.54, 1.807) is 0 Å². The molecule has 1 aromatic carbocycles. The first kappa shape index (κ1) is 12.0. The summed E-state index contributed by atoms with van der Waals surface area (Å²) in [6.07, 6.45) is -1.40. The van der Waals surface area contributed by atoms with Crippen LogP contribution in [0.4, 0.5) is 13.2 Å². The number of aliphatic hydroxyl groups is 1. The van der Waals surface area contributed by atoms with Crippen LogP contribution in [0.2, 0.25) is 0 Å². The van der Waals surface area contributed by atoms with E-state index in [0.717, 1.165) is 12.1 Å². The molecule has 1 aromatic rings. The molecule has 0 radical (unpaired) electrons. The molecule has 1 unspecified atom stereocenters. The highest BCUT2D eigenvalue weighted by atomic mass is 19.2. The second-order valence-electron chi connectivity index (χ2n) is 4.04. The third-order valence-electron chi connectivity index (χ3n) is 2.17. The van der Waals surface area contributed by atoms with E-state index in [0.29, 0.717) is 0 Å². The molecule has 0 fully saturated rings. The fourth-order valence-corrected chi connectivity index (χ4v) is 1.28. The van der Waals surface area contributed by atoms with E-state index >= 15 is 0 Å². The second-order valence-corrected chi connectivity index (χ2v) is 4.04. The number of alkyl halides is 1. The number of hydrogen-bond acceptors (Lipinski definition) is 1. The maximum atomic E-state index is 13.3. The van der Waals surface area contributed by atoms with Gasteiger partial charge in [0.05, 0.1) is 5.60 Å². The van der Waals surface area contributed by atoms with Gasteiger partial charge in [-0.15, -0.1) is 0 Å². The Hall–Kier alpha value is -1.03. The van der Waals surface area contributed by atoms with Gasteiger partial charge in [0, 0.05) is 5.56 Å². The Morgan fingerprint density at radius 1 is 1.27 bits per heavy atom. The molecule has 84 valence electrons. The van der Waals surface area contributed by atoms with E-state index in [9.17, 15) is 18.3 Å². The molecule has 1 rings (SSSR count). The first-order valence-corrected chi connectivity index (χ1v) is 4.59. The third kappa shape index (κ3) is 2.50. The lowest BCUT2D eigenvalue weighted by Gasteiger charge is -2.20. The average molecular weight is 218 g/mol. The highest BCUT2D eigenvalue weighted by Crippen LogP contribution is 2.29. The lowest BCUT2D eigenvalue weighted by Crippen LogP contribution is -2.19. The molecule has 0 aliphatic heterocycles. The van der Waals surface area contributed by atoms with E-state index in [-0.39, 0.29) is 11.1 Å². The summed E-state index contributed by atoms with van der Waals surface area (Å²) in [5, 5.41) is 9.57. The lowest BCUT2D eigenvalue weighted by molar-refractivity contribution is 0.0734. The molecule has 1 nitrogen and oxygen atoms in total. The van der Waals surface area contributed by atoms with E-state index < -0.39 is 23.4 Å². The fourth-order valence-electron chi connectivity index (χ4n) is 1.28. The zero-order chi connectivity index (χ0) is 11.8. The predicted octanol–water partition coefficient (Wildman–Crippen LogP) is 3.22. The highest BCUT2D eigenvalue weighted by Gasteiger charge is 2.24. The lowest BCUT2D eigenvalue weighted by atomic mass is 9.94. The largest absolute Gasteiger partial charge is 0.386 e. The minimum Gasteiger partial charge on any atom is -0.386 e. The summed E-state index contributed by atoms with van der Waals surface area (Å²) in [5.74, 6) is -2.28. The van der Waals surface area contributed by atoms with Crippen molar-refractivity contribution in [1.82, 2.24) is 0 Å². The van der Waals surface area contributed by atoms with Gasteiger partial charge in [-0.2, -0.15) is 0 Å². The van der Waals surface area contributed by atoms with Gasteiger partial charge in [-0.3, -0.25) is 0 Å². The van der Waals surface area contributed by atoms with Gasteiger partial charge in [0.1, 0.15) is 6.17 Å². The van der Waals surface area contributed by atoms with Crippen LogP contribution in [0.3, 0.4) is 0 Å². The van der Waals surface area contributed by atoms with Crippen molar-refractivity contribution in [2.24, 2.45) is 0 Å². The Balaban J connectivity index is 3.38. The number of benzene rings is 1. The van der Waals surface area contributed by atoms with Crippen molar-refractivity contribution < 1.29 is 18.3 Å². The molecule has 0 aliphatic carbocycles. The molecule has 1 atom stereocenters. The molecular formula is C11H13F3O. The first-order valence-electron chi connectivity index (χ1n) is 4.59. The van der Waals surface area contributed by atoms with Gasteiger partial charge in [0.25, 0.3) is 0 Å². The van der Waals surface area contributed by atoms with E-state index in [1.165, 1.54) is 20.8 Å². The van der Waals surface area contributed by atoms with Gasteiger partial charge in [0.2, 0.25) is 0 Å². The Morgan fingerprint density at radius 3 is 2.20 bits per heavy atom. The van der Waals surface area contributed by atoms with Crippen LogP contribution >= 0.6 is 0 Å². The van der Waals surface area contributed by atoms with Crippen molar-refractivity contribution in [2.45, 2.75) is 32.5 Å². The minimum atomic E-state index is -1.53. The first-order chi connectivity index (χ1) is 6.73. The van der Waals surface area contributed by atoms with Crippen molar-refractivity contribution in [3.8, 4) is 0 Å². The highest BCUT2D eigenvalue weighted by molar-refractivity contribution is 5.31. The van der Waals surface area contributed by atoms with Crippen molar-refractivity contribution in [3.05, 3.63) is 34.9 Å². The van der Waals surface area contributed by atoms with E-state index in [4.69, 9.17) is 0 Å². The Labute approximate surface area is 86.5 Å². The van der Waals surface area contributed by atoms with Crippen LogP contribution < -0.4 is 0 Å². The van der Waals surface area contributed by atoms with Crippen LogP contribution in [-0.2, 0) is 5.60 Å². The number of halogens is 3. The third-order valence-corrected chi connectivity index (χ3v) is 2.17. The summed E-state index contributed by atoms with van der Waals surface area (Å²) in [4.78, 5) is 0. The Kier molecular flexibility index (Phi) is 3.09. The molecule has 0 heterocycles. The maximum Gasteiger partial charge on any atom is 0.164 e.